The van der Waals surface area contributed by atoms with Crippen LogP contribution >= 0.6 is 0 Å². The number of piperidine rings is 1. The number of halogens is 2. The summed E-state index contributed by atoms with van der Waals surface area (Å²) in [5.41, 5.74) is 1.44. The van der Waals surface area contributed by atoms with E-state index in [9.17, 15) is 23.2 Å². The maximum absolute atomic E-state index is 14.7. The van der Waals surface area contributed by atoms with Crippen LogP contribution in [-0.2, 0) is 14.3 Å². The molecule has 3 N–H and O–H groups in total. The van der Waals surface area contributed by atoms with Crippen LogP contribution in [0.4, 0.5) is 25.0 Å². The number of ether oxygens (including phenoxy) is 1. The number of fused-ring (bicyclic) bond motifs is 1. The average molecular weight is 410 g/mol. The summed E-state index contributed by atoms with van der Waals surface area (Å²) in [6.07, 6.45) is -1.36. The topological polar surface area (TPSA) is 111 Å². The molecule has 29 heavy (non-hydrogen) atoms. The van der Waals surface area contributed by atoms with Gasteiger partial charge in [0.25, 0.3) is 0 Å². The van der Waals surface area contributed by atoms with Gasteiger partial charge < -0.3 is 15.0 Å². The molecule has 1 aromatic carbocycles. The Bertz CT molecular complexity index is 847. The number of hydrogen-bond donors (Lipinski definition) is 3. The molecule has 2 aliphatic heterocycles. The van der Waals surface area contributed by atoms with Crippen molar-refractivity contribution in [2.75, 3.05) is 36.0 Å². The van der Waals surface area contributed by atoms with Crippen LogP contribution in [0.25, 0.3) is 0 Å². The van der Waals surface area contributed by atoms with Gasteiger partial charge in [-0.3, -0.25) is 19.7 Å². The van der Waals surface area contributed by atoms with Crippen molar-refractivity contribution in [3.8, 4) is 0 Å². The molecule has 9 nitrogen and oxygen atoms in total. The summed E-state index contributed by atoms with van der Waals surface area (Å²) in [4.78, 5) is 37.2. The summed E-state index contributed by atoms with van der Waals surface area (Å²) in [6, 6.07) is 2.14. The van der Waals surface area contributed by atoms with Gasteiger partial charge in [0.15, 0.2) is 11.6 Å². The van der Waals surface area contributed by atoms with Crippen LogP contribution in [0.3, 0.4) is 0 Å². The first-order valence-electron chi connectivity index (χ1n) is 9.20. The lowest BCUT2D eigenvalue weighted by Gasteiger charge is -2.24. The third kappa shape index (κ3) is 3.46. The third-order valence-corrected chi connectivity index (χ3v) is 5.69. The summed E-state index contributed by atoms with van der Waals surface area (Å²) in [5, 5.41) is 11.2. The van der Waals surface area contributed by atoms with E-state index in [1.165, 1.54) is 11.8 Å². The van der Waals surface area contributed by atoms with Gasteiger partial charge in [-0.15, -0.1) is 0 Å². The second-order valence-electron chi connectivity index (χ2n) is 7.55. The van der Waals surface area contributed by atoms with Crippen LogP contribution < -0.4 is 20.6 Å². The first kappa shape index (κ1) is 19.4. The van der Waals surface area contributed by atoms with Gasteiger partial charge in [-0.2, -0.15) is 0 Å². The molecule has 0 spiro atoms. The van der Waals surface area contributed by atoms with E-state index in [2.05, 4.69) is 5.32 Å². The predicted octanol–water partition coefficient (Wildman–Crippen LogP) is 0.614. The minimum Gasteiger partial charge on any atom is -0.442 e. The van der Waals surface area contributed by atoms with Crippen LogP contribution in [0.5, 0.6) is 0 Å². The van der Waals surface area contributed by atoms with Crippen molar-refractivity contribution in [2.24, 2.45) is 17.8 Å². The Balaban J connectivity index is 1.46. The molecule has 2 saturated heterocycles. The Hall–Kier alpha value is -2.95. The Kier molecular flexibility index (Phi) is 4.77. The zero-order chi connectivity index (χ0) is 20.9. The van der Waals surface area contributed by atoms with Crippen molar-refractivity contribution in [3.63, 3.8) is 0 Å². The van der Waals surface area contributed by atoms with E-state index in [4.69, 9.17) is 9.94 Å². The number of amides is 3. The lowest BCUT2D eigenvalue weighted by Crippen LogP contribution is -2.33. The number of hydroxylamine groups is 1. The second-order valence-corrected chi connectivity index (χ2v) is 7.55. The number of anilines is 2. The van der Waals surface area contributed by atoms with Crippen LogP contribution in [-0.4, -0.2) is 55.4 Å². The molecule has 4 rings (SSSR count). The highest BCUT2D eigenvalue weighted by Crippen LogP contribution is 2.53. The lowest BCUT2D eigenvalue weighted by molar-refractivity contribution is -0.131. The number of benzene rings is 1. The van der Waals surface area contributed by atoms with Crippen molar-refractivity contribution < 1.29 is 33.1 Å². The first-order chi connectivity index (χ1) is 13.8. The van der Waals surface area contributed by atoms with Crippen molar-refractivity contribution in [2.45, 2.75) is 13.0 Å². The van der Waals surface area contributed by atoms with Crippen molar-refractivity contribution in [1.29, 1.82) is 0 Å². The Morgan fingerprint density at radius 2 is 1.83 bits per heavy atom. The molecule has 3 aliphatic rings. The molecule has 1 aromatic rings. The SMILES string of the molecule is CC(=O)NCC1CN(c2cc(F)c(N3CC4C(C3)C4C(=O)NO)c(F)c2)C(=O)O1. The molecule has 0 bridgehead atoms. The number of carbonyl (C=O) groups is 3. The van der Waals surface area contributed by atoms with Gasteiger partial charge in [-0.25, -0.2) is 19.1 Å². The average Bonchev–Trinajstić information content (AvgIpc) is 2.99. The highest BCUT2D eigenvalue weighted by Gasteiger charge is 2.60. The van der Waals surface area contributed by atoms with Gasteiger partial charge >= 0.3 is 6.09 Å². The maximum atomic E-state index is 14.7. The fourth-order valence-corrected chi connectivity index (χ4v) is 4.28. The van der Waals surface area contributed by atoms with E-state index in [0.717, 1.165) is 17.0 Å². The van der Waals surface area contributed by atoms with Gasteiger partial charge in [-0.1, -0.05) is 0 Å². The van der Waals surface area contributed by atoms with Gasteiger partial charge in [-0.05, 0) is 11.8 Å². The van der Waals surface area contributed by atoms with Crippen molar-refractivity contribution in [1.82, 2.24) is 10.8 Å². The van der Waals surface area contributed by atoms with Crippen molar-refractivity contribution in [3.05, 3.63) is 23.8 Å². The first-order valence-corrected chi connectivity index (χ1v) is 9.20. The molecule has 2 heterocycles. The molecule has 3 atom stereocenters. The summed E-state index contributed by atoms with van der Waals surface area (Å²) < 4.78 is 34.6. The van der Waals surface area contributed by atoms with Gasteiger partial charge in [0.1, 0.15) is 11.8 Å². The van der Waals surface area contributed by atoms with Gasteiger partial charge in [0.2, 0.25) is 11.8 Å². The van der Waals surface area contributed by atoms with E-state index in [1.807, 2.05) is 0 Å². The quantitative estimate of drug-likeness (QED) is 0.485. The molecule has 1 aliphatic carbocycles. The van der Waals surface area contributed by atoms with Gasteiger partial charge in [0, 0.05) is 38.1 Å². The second kappa shape index (κ2) is 7.14. The molecule has 11 heteroatoms. The molecular weight excluding hydrogens is 390 g/mol. The number of rotatable bonds is 5. The number of nitrogens with zero attached hydrogens (tertiary/aromatic N) is 2. The normalized spacial score (nSPS) is 27.5. The molecule has 3 unspecified atom stereocenters. The summed E-state index contributed by atoms with van der Waals surface area (Å²) in [6.45, 7) is 2.11. The standard InChI is InChI=1S/C18H20F2N4O5/c1-8(25)21-4-10-5-24(18(27)29-10)9-2-13(19)16(14(20)3-9)23-6-11-12(7-23)15(11)17(26)22-28/h2-3,10-12,15,28H,4-7H2,1H3,(H,21,25)(H,22,26). The monoisotopic (exact) mass is 410 g/mol. The predicted molar refractivity (Wildman–Crippen MR) is 95.3 cm³/mol. The molecule has 3 fully saturated rings. The number of carbonyl (C=O) groups excluding carboxylic acids is 3. The highest BCUT2D eigenvalue weighted by atomic mass is 19.1. The van der Waals surface area contributed by atoms with Crippen LogP contribution in [0.1, 0.15) is 6.92 Å². The fraction of sp³-hybridized carbons (Fsp3) is 0.500. The number of hydrogen-bond acceptors (Lipinski definition) is 6. The smallest absolute Gasteiger partial charge is 0.414 e. The number of nitrogens with one attached hydrogen (secondary N) is 2. The zero-order valence-electron chi connectivity index (χ0n) is 15.5. The summed E-state index contributed by atoms with van der Waals surface area (Å²) >= 11 is 0. The fourth-order valence-electron chi connectivity index (χ4n) is 4.28. The minimum atomic E-state index is -0.817. The molecule has 3 amide bonds. The van der Waals surface area contributed by atoms with Crippen molar-refractivity contribution >= 4 is 29.3 Å². The largest absolute Gasteiger partial charge is 0.442 e. The highest BCUT2D eigenvalue weighted by molar-refractivity contribution is 5.90. The molecule has 1 saturated carbocycles. The molecule has 0 radical (unpaired) electrons. The van der Waals surface area contributed by atoms with E-state index in [-0.39, 0.29) is 48.1 Å². The van der Waals surface area contributed by atoms with Crippen LogP contribution in [0, 0.1) is 29.4 Å². The third-order valence-electron chi connectivity index (χ3n) is 5.69. The summed E-state index contributed by atoms with van der Waals surface area (Å²) in [5.74, 6) is -2.82. The maximum Gasteiger partial charge on any atom is 0.414 e. The minimum absolute atomic E-state index is 0.0287. The Labute approximate surface area is 164 Å². The van der Waals surface area contributed by atoms with Gasteiger partial charge in [0.05, 0.1) is 18.8 Å². The van der Waals surface area contributed by atoms with E-state index >= 15 is 0 Å². The van der Waals surface area contributed by atoms with E-state index in [0.29, 0.717) is 13.1 Å². The zero-order valence-corrected chi connectivity index (χ0v) is 15.5. The Morgan fingerprint density at radius 3 is 2.38 bits per heavy atom. The van der Waals surface area contributed by atoms with Crippen LogP contribution in [0.15, 0.2) is 12.1 Å². The molecule has 0 aromatic heterocycles. The molecule has 156 valence electrons. The Morgan fingerprint density at radius 1 is 1.21 bits per heavy atom. The number of cyclic esters (lactones) is 1. The van der Waals surface area contributed by atoms with Crippen LogP contribution in [0.2, 0.25) is 0 Å². The summed E-state index contributed by atoms with van der Waals surface area (Å²) in [7, 11) is 0. The van der Waals surface area contributed by atoms with E-state index in [1.54, 1.807) is 5.48 Å². The molecular formula is C18H20F2N4O5. The van der Waals surface area contributed by atoms with E-state index < -0.39 is 29.7 Å². The lowest BCUT2D eigenvalue weighted by atomic mass is 10.2.